The minimum Gasteiger partial charge on any atom is -0.325 e. The van der Waals surface area contributed by atoms with Gasteiger partial charge in [-0.05, 0) is 61.4 Å². The fourth-order valence-corrected chi connectivity index (χ4v) is 5.52. The standard InChI is InChI=1S/C22H21N5O3S3/c1-15-3-6-18(13-16(15)2)27-11-9-24-22(27)32-14-20(28)25-17-4-7-19(8-5-17)33(29,30)26-21-23-10-12-31-21/h3-13H,14H2,1-2H3,(H,23,26)(H,25,28). The minimum absolute atomic E-state index is 0.0838. The van der Waals surface area contributed by atoms with Gasteiger partial charge in [0, 0.05) is 35.3 Å². The number of rotatable bonds is 8. The Balaban J connectivity index is 1.36. The summed E-state index contributed by atoms with van der Waals surface area (Å²) in [4.78, 5) is 20.8. The van der Waals surface area contributed by atoms with Gasteiger partial charge in [0.25, 0.3) is 10.0 Å². The third-order valence-corrected chi connectivity index (χ3v) is 7.95. The van der Waals surface area contributed by atoms with Crippen molar-refractivity contribution in [3.05, 3.63) is 77.6 Å². The third kappa shape index (κ3) is 5.62. The molecular weight excluding hydrogens is 478 g/mol. The Kier molecular flexibility index (Phi) is 6.82. The van der Waals surface area contributed by atoms with E-state index in [4.69, 9.17) is 0 Å². The van der Waals surface area contributed by atoms with Crippen LogP contribution in [0, 0.1) is 13.8 Å². The number of amides is 1. The molecule has 2 aromatic heterocycles. The van der Waals surface area contributed by atoms with Crippen molar-refractivity contribution in [2.75, 3.05) is 15.8 Å². The van der Waals surface area contributed by atoms with Gasteiger partial charge < -0.3 is 5.32 Å². The van der Waals surface area contributed by atoms with Crippen LogP contribution in [0.3, 0.4) is 0 Å². The van der Waals surface area contributed by atoms with Crippen molar-refractivity contribution >= 4 is 49.8 Å². The predicted molar refractivity (Wildman–Crippen MR) is 132 cm³/mol. The van der Waals surface area contributed by atoms with E-state index in [1.807, 2.05) is 16.8 Å². The van der Waals surface area contributed by atoms with E-state index in [2.05, 4.69) is 46.0 Å². The number of nitrogens with one attached hydrogen (secondary N) is 2. The maximum Gasteiger partial charge on any atom is 0.263 e. The normalized spacial score (nSPS) is 11.3. The predicted octanol–water partition coefficient (Wildman–Crippen LogP) is 4.48. The van der Waals surface area contributed by atoms with Crippen molar-refractivity contribution < 1.29 is 13.2 Å². The van der Waals surface area contributed by atoms with Crippen LogP contribution in [0.5, 0.6) is 0 Å². The second-order valence-corrected chi connectivity index (χ2v) is 10.7. The van der Waals surface area contributed by atoms with Crippen LogP contribution in [0.15, 0.2) is 76.5 Å². The highest BCUT2D eigenvalue weighted by molar-refractivity contribution is 7.99. The molecule has 0 spiro atoms. The number of benzene rings is 2. The first-order valence-electron chi connectivity index (χ1n) is 9.88. The van der Waals surface area contributed by atoms with Gasteiger partial charge >= 0.3 is 0 Å². The number of anilines is 2. The van der Waals surface area contributed by atoms with E-state index in [1.54, 1.807) is 23.7 Å². The van der Waals surface area contributed by atoms with Crippen LogP contribution in [-0.4, -0.2) is 34.6 Å². The van der Waals surface area contributed by atoms with E-state index in [0.29, 0.717) is 16.0 Å². The molecule has 0 radical (unpaired) electrons. The van der Waals surface area contributed by atoms with Crippen LogP contribution in [0.2, 0.25) is 0 Å². The summed E-state index contributed by atoms with van der Waals surface area (Å²) in [5.74, 6) is -0.0563. The van der Waals surface area contributed by atoms with Crippen LogP contribution in [0.25, 0.3) is 5.69 Å². The fraction of sp³-hybridized carbons (Fsp3) is 0.136. The fourth-order valence-electron chi connectivity index (χ4n) is 2.96. The first-order chi connectivity index (χ1) is 15.8. The molecule has 0 fully saturated rings. The van der Waals surface area contributed by atoms with Crippen LogP contribution in [0.1, 0.15) is 11.1 Å². The first-order valence-corrected chi connectivity index (χ1v) is 13.2. The van der Waals surface area contributed by atoms with Crippen LogP contribution >= 0.6 is 23.1 Å². The third-order valence-electron chi connectivity index (χ3n) is 4.81. The molecule has 8 nitrogen and oxygen atoms in total. The molecule has 0 saturated carbocycles. The number of aryl methyl sites for hydroxylation is 2. The molecule has 2 aromatic carbocycles. The van der Waals surface area contributed by atoms with Crippen LogP contribution < -0.4 is 10.0 Å². The first kappa shape index (κ1) is 23.0. The maximum atomic E-state index is 12.4. The van der Waals surface area contributed by atoms with Crippen molar-refractivity contribution in [1.82, 2.24) is 14.5 Å². The second-order valence-electron chi connectivity index (χ2n) is 7.15. The molecule has 0 atom stereocenters. The Morgan fingerprint density at radius 2 is 1.85 bits per heavy atom. The number of nitrogens with zero attached hydrogens (tertiary/aromatic N) is 3. The Morgan fingerprint density at radius 3 is 2.55 bits per heavy atom. The summed E-state index contributed by atoms with van der Waals surface area (Å²) < 4.78 is 29.2. The monoisotopic (exact) mass is 499 g/mol. The van der Waals surface area contributed by atoms with Crippen molar-refractivity contribution in [2.45, 2.75) is 23.9 Å². The van der Waals surface area contributed by atoms with Gasteiger partial charge in [-0.2, -0.15) is 0 Å². The summed E-state index contributed by atoms with van der Waals surface area (Å²) in [5.41, 5.74) is 3.89. The molecule has 2 heterocycles. The number of thiazole rings is 1. The lowest BCUT2D eigenvalue weighted by molar-refractivity contribution is -0.113. The largest absolute Gasteiger partial charge is 0.325 e. The molecule has 0 aliphatic rings. The average molecular weight is 500 g/mol. The Morgan fingerprint density at radius 1 is 1.06 bits per heavy atom. The van der Waals surface area contributed by atoms with E-state index >= 15 is 0 Å². The number of aromatic nitrogens is 3. The number of thioether (sulfide) groups is 1. The van der Waals surface area contributed by atoms with Crippen LogP contribution in [-0.2, 0) is 14.8 Å². The number of hydrogen-bond acceptors (Lipinski definition) is 7. The molecule has 170 valence electrons. The smallest absolute Gasteiger partial charge is 0.263 e. The summed E-state index contributed by atoms with van der Waals surface area (Å²) in [6.07, 6.45) is 5.09. The number of carbonyl (C=O) groups excluding carboxylic acids is 1. The van der Waals surface area contributed by atoms with Crippen molar-refractivity contribution in [3.63, 3.8) is 0 Å². The molecule has 1 amide bonds. The molecule has 33 heavy (non-hydrogen) atoms. The molecule has 0 unspecified atom stereocenters. The zero-order chi connectivity index (χ0) is 23.4. The highest BCUT2D eigenvalue weighted by Gasteiger charge is 2.16. The topological polar surface area (TPSA) is 106 Å². The van der Waals surface area contributed by atoms with Gasteiger partial charge in [0.15, 0.2) is 10.3 Å². The van der Waals surface area contributed by atoms with E-state index in [1.165, 1.54) is 52.6 Å². The number of carbonyl (C=O) groups is 1. The Labute approximate surface area is 200 Å². The Hall–Kier alpha value is -3.15. The summed E-state index contributed by atoms with van der Waals surface area (Å²) in [6, 6.07) is 12.1. The summed E-state index contributed by atoms with van der Waals surface area (Å²) in [7, 11) is -3.74. The lowest BCUT2D eigenvalue weighted by Crippen LogP contribution is -2.15. The molecule has 4 rings (SSSR count). The molecule has 0 aliphatic heterocycles. The van der Waals surface area contributed by atoms with Crippen molar-refractivity contribution in [2.24, 2.45) is 0 Å². The van der Waals surface area contributed by atoms with E-state index < -0.39 is 10.0 Å². The molecule has 2 N–H and O–H groups in total. The second kappa shape index (κ2) is 9.77. The lowest BCUT2D eigenvalue weighted by atomic mass is 10.1. The Bertz CT molecular complexity index is 1360. The highest BCUT2D eigenvalue weighted by atomic mass is 32.2. The van der Waals surface area contributed by atoms with E-state index in [0.717, 1.165) is 5.69 Å². The molecule has 11 heteroatoms. The zero-order valence-corrected chi connectivity index (χ0v) is 20.3. The minimum atomic E-state index is -3.74. The van der Waals surface area contributed by atoms with Crippen LogP contribution in [0.4, 0.5) is 10.8 Å². The van der Waals surface area contributed by atoms with Gasteiger partial charge in [0.2, 0.25) is 5.91 Å². The van der Waals surface area contributed by atoms with Gasteiger partial charge in [-0.25, -0.2) is 18.4 Å². The molecule has 0 bridgehead atoms. The quantitative estimate of drug-likeness (QED) is 0.346. The van der Waals surface area contributed by atoms with Gasteiger partial charge in [-0.3, -0.25) is 14.1 Å². The van der Waals surface area contributed by atoms with Crippen molar-refractivity contribution in [3.8, 4) is 5.69 Å². The summed E-state index contributed by atoms with van der Waals surface area (Å²) >= 11 is 2.52. The van der Waals surface area contributed by atoms with Gasteiger partial charge in [0.05, 0.1) is 10.6 Å². The molecule has 4 aromatic rings. The number of hydrogen-bond donors (Lipinski definition) is 2. The van der Waals surface area contributed by atoms with Gasteiger partial charge in [-0.15, -0.1) is 11.3 Å². The SMILES string of the molecule is Cc1ccc(-n2ccnc2SCC(=O)Nc2ccc(S(=O)(=O)Nc3nccs3)cc2)cc1C. The van der Waals surface area contributed by atoms with Crippen molar-refractivity contribution in [1.29, 1.82) is 0 Å². The lowest BCUT2D eigenvalue weighted by Gasteiger charge is -2.10. The van der Waals surface area contributed by atoms with Gasteiger partial charge in [0.1, 0.15) is 0 Å². The number of sulfonamides is 1. The van der Waals surface area contributed by atoms with E-state index in [9.17, 15) is 13.2 Å². The van der Waals surface area contributed by atoms with E-state index in [-0.39, 0.29) is 16.6 Å². The summed E-state index contributed by atoms with van der Waals surface area (Å²) in [6.45, 7) is 4.12. The number of imidazole rings is 1. The molecular formula is C22H21N5O3S3. The summed E-state index contributed by atoms with van der Waals surface area (Å²) in [5, 5.41) is 5.47. The highest BCUT2D eigenvalue weighted by Crippen LogP contribution is 2.23. The molecule has 0 aliphatic carbocycles. The zero-order valence-electron chi connectivity index (χ0n) is 17.8. The average Bonchev–Trinajstić information content (AvgIpc) is 3.46. The van der Waals surface area contributed by atoms with Gasteiger partial charge in [-0.1, -0.05) is 17.8 Å². The maximum absolute atomic E-state index is 12.4. The molecule has 0 saturated heterocycles.